The molecule has 86 valence electrons. The molecule has 3 amide bonds. The molecule has 0 radical (unpaired) electrons. The van der Waals surface area contributed by atoms with Crippen molar-refractivity contribution in [3.8, 4) is 0 Å². The van der Waals surface area contributed by atoms with Crippen LogP contribution >= 0.6 is 0 Å². The predicted molar refractivity (Wildman–Crippen MR) is 50.3 cm³/mol. The molecular formula is C8H14N2O5. The lowest BCUT2D eigenvalue weighted by molar-refractivity contribution is -0.150. The molecule has 0 bridgehead atoms. The molecule has 1 atom stereocenters. The van der Waals surface area contributed by atoms with E-state index in [2.05, 4.69) is 10.1 Å². The molecule has 0 aromatic heterocycles. The van der Waals surface area contributed by atoms with Crippen molar-refractivity contribution in [2.45, 2.75) is 20.0 Å². The van der Waals surface area contributed by atoms with Crippen LogP contribution in [0, 0.1) is 0 Å². The van der Waals surface area contributed by atoms with Crippen molar-refractivity contribution in [3.63, 3.8) is 0 Å². The SMILES string of the molecule is CCNC(=O)NC(=O)COC(C)C(=O)O. The summed E-state index contributed by atoms with van der Waals surface area (Å²) >= 11 is 0. The van der Waals surface area contributed by atoms with E-state index in [-0.39, 0.29) is 0 Å². The number of carboxylic acids is 1. The Bertz CT molecular complexity index is 253. The van der Waals surface area contributed by atoms with Crippen LogP contribution in [-0.4, -0.2) is 42.3 Å². The smallest absolute Gasteiger partial charge is 0.332 e. The summed E-state index contributed by atoms with van der Waals surface area (Å²) in [6, 6.07) is -0.630. The third-order valence-corrected chi connectivity index (χ3v) is 1.40. The minimum atomic E-state index is -1.17. The zero-order valence-corrected chi connectivity index (χ0v) is 8.57. The van der Waals surface area contributed by atoms with Gasteiger partial charge in [-0.25, -0.2) is 9.59 Å². The summed E-state index contributed by atoms with van der Waals surface area (Å²) in [6.07, 6.45) is -1.08. The van der Waals surface area contributed by atoms with Crippen molar-refractivity contribution < 1.29 is 24.2 Å². The van der Waals surface area contributed by atoms with Gasteiger partial charge in [0.1, 0.15) is 6.61 Å². The second-order valence-electron chi connectivity index (χ2n) is 2.70. The lowest BCUT2D eigenvalue weighted by atomic mass is 10.4. The highest BCUT2D eigenvalue weighted by atomic mass is 16.5. The van der Waals surface area contributed by atoms with Gasteiger partial charge in [-0.1, -0.05) is 0 Å². The van der Waals surface area contributed by atoms with E-state index in [4.69, 9.17) is 5.11 Å². The molecule has 7 heteroatoms. The van der Waals surface area contributed by atoms with Crippen molar-refractivity contribution in [2.75, 3.05) is 13.2 Å². The molecular weight excluding hydrogens is 204 g/mol. The molecule has 0 aromatic carbocycles. The maximum Gasteiger partial charge on any atom is 0.332 e. The molecule has 0 saturated heterocycles. The normalized spacial score (nSPS) is 11.6. The number of aliphatic carboxylic acids is 1. The third kappa shape index (κ3) is 6.44. The summed E-state index contributed by atoms with van der Waals surface area (Å²) in [6.45, 7) is 2.92. The first-order valence-corrected chi connectivity index (χ1v) is 4.39. The van der Waals surface area contributed by atoms with Gasteiger partial charge in [0, 0.05) is 6.54 Å². The quantitative estimate of drug-likeness (QED) is 0.567. The Balaban J connectivity index is 3.75. The van der Waals surface area contributed by atoms with Crippen LogP contribution in [0.2, 0.25) is 0 Å². The van der Waals surface area contributed by atoms with Crippen LogP contribution in [0.4, 0.5) is 4.79 Å². The Kier molecular flexibility index (Phi) is 6.03. The lowest BCUT2D eigenvalue weighted by Crippen LogP contribution is -2.41. The van der Waals surface area contributed by atoms with Gasteiger partial charge in [-0.15, -0.1) is 0 Å². The summed E-state index contributed by atoms with van der Waals surface area (Å²) in [5.74, 6) is -1.85. The number of carbonyl (C=O) groups is 3. The second kappa shape index (κ2) is 6.77. The van der Waals surface area contributed by atoms with Crippen molar-refractivity contribution in [1.82, 2.24) is 10.6 Å². The number of rotatable bonds is 5. The summed E-state index contributed by atoms with van der Waals surface area (Å²) in [5, 5.41) is 12.7. The highest BCUT2D eigenvalue weighted by Gasteiger charge is 2.14. The summed E-state index contributed by atoms with van der Waals surface area (Å²) in [7, 11) is 0. The fraction of sp³-hybridized carbons (Fsp3) is 0.625. The van der Waals surface area contributed by atoms with Gasteiger partial charge in [-0.05, 0) is 13.8 Å². The lowest BCUT2D eigenvalue weighted by Gasteiger charge is -2.08. The van der Waals surface area contributed by atoms with Crippen molar-refractivity contribution >= 4 is 17.9 Å². The molecule has 15 heavy (non-hydrogen) atoms. The molecule has 0 fully saturated rings. The number of carboxylic acid groups (broad SMARTS) is 1. The summed E-state index contributed by atoms with van der Waals surface area (Å²) < 4.78 is 4.65. The molecule has 0 aliphatic carbocycles. The maximum atomic E-state index is 11.0. The van der Waals surface area contributed by atoms with Gasteiger partial charge in [-0.2, -0.15) is 0 Å². The molecule has 1 unspecified atom stereocenters. The van der Waals surface area contributed by atoms with E-state index in [0.717, 1.165) is 0 Å². The molecule has 0 saturated carbocycles. The first-order chi connectivity index (χ1) is 6.97. The molecule has 7 nitrogen and oxygen atoms in total. The molecule has 0 heterocycles. The van der Waals surface area contributed by atoms with Gasteiger partial charge in [0.2, 0.25) is 0 Å². The first-order valence-electron chi connectivity index (χ1n) is 4.39. The molecule has 0 aromatic rings. The van der Waals surface area contributed by atoms with Crippen LogP contribution in [0.15, 0.2) is 0 Å². The van der Waals surface area contributed by atoms with E-state index < -0.39 is 30.6 Å². The van der Waals surface area contributed by atoms with Gasteiger partial charge >= 0.3 is 12.0 Å². The van der Waals surface area contributed by atoms with E-state index in [1.54, 1.807) is 6.92 Å². The van der Waals surface area contributed by atoms with Gasteiger partial charge in [0.15, 0.2) is 6.10 Å². The average molecular weight is 218 g/mol. The third-order valence-electron chi connectivity index (χ3n) is 1.40. The summed E-state index contributed by atoms with van der Waals surface area (Å²) in [5.41, 5.74) is 0. The number of nitrogens with one attached hydrogen (secondary N) is 2. The number of carbonyl (C=O) groups excluding carboxylic acids is 2. The number of hydrogen-bond donors (Lipinski definition) is 3. The van der Waals surface area contributed by atoms with E-state index in [1.807, 2.05) is 5.32 Å². The Hall–Kier alpha value is -1.63. The Morgan fingerprint density at radius 1 is 1.40 bits per heavy atom. The van der Waals surface area contributed by atoms with Crippen molar-refractivity contribution in [2.24, 2.45) is 0 Å². The summed E-state index contributed by atoms with van der Waals surface area (Å²) in [4.78, 5) is 32.1. The Labute approximate surface area is 86.8 Å². The van der Waals surface area contributed by atoms with Crippen LogP contribution in [0.25, 0.3) is 0 Å². The number of hydrogen-bond acceptors (Lipinski definition) is 4. The standard InChI is InChI=1S/C8H14N2O5/c1-3-9-8(14)10-6(11)4-15-5(2)7(12)13/h5H,3-4H2,1-2H3,(H,12,13)(H2,9,10,11,14). The molecule has 0 spiro atoms. The average Bonchev–Trinajstić information content (AvgIpc) is 2.14. The highest BCUT2D eigenvalue weighted by molar-refractivity contribution is 5.94. The minimum absolute atomic E-state index is 0.394. The van der Waals surface area contributed by atoms with Crippen molar-refractivity contribution in [3.05, 3.63) is 0 Å². The molecule has 0 rings (SSSR count). The molecule has 0 aliphatic heterocycles. The zero-order valence-electron chi connectivity index (χ0n) is 8.57. The fourth-order valence-corrected chi connectivity index (χ4v) is 0.639. The minimum Gasteiger partial charge on any atom is -0.479 e. The number of urea groups is 1. The number of imide groups is 1. The number of ether oxygens (including phenoxy) is 1. The van der Waals surface area contributed by atoms with E-state index in [1.165, 1.54) is 6.92 Å². The highest BCUT2D eigenvalue weighted by Crippen LogP contribution is 1.89. The van der Waals surface area contributed by atoms with E-state index in [9.17, 15) is 14.4 Å². The van der Waals surface area contributed by atoms with Crippen molar-refractivity contribution in [1.29, 1.82) is 0 Å². The van der Waals surface area contributed by atoms with Gasteiger partial charge in [-0.3, -0.25) is 10.1 Å². The topological polar surface area (TPSA) is 105 Å². The van der Waals surface area contributed by atoms with Crippen LogP contribution in [0.1, 0.15) is 13.8 Å². The van der Waals surface area contributed by atoms with Gasteiger partial charge in [0.05, 0.1) is 0 Å². The van der Waals surface area contributed by atoms with Gasteiger partial charge < -0.3 is 15.2 Å². The first kappa shape index (κ1) is 13.4. The Morgan fingerprint density at radius 3 is 2.47 bits per heavy atom. The predicted octanol–water partition coefficient (Wildman–Crippen LogP) is -0.678. The van der Waals surface area contributed by atoms with E-state index in [0.29, 0.717) is 6.54 Å². The van der Waals surface area contributed by atoms with Crippen LogP contribution in [0.3, 0.4) is 0 Å². The monoisotopic (exact) mass is 218 g/mol. The van der Waals surface area contributed by atoms with Crippen LogP contribution in [-0.2, 0) is 14.3 Å². The maximum absolute atomic E-state index is 11.0. The van der Waals surface area contributed by atoms with Crippen LogP contribution in [0.5, 0.6) is 0 Å². The van der Waals surface area contributed by atoms with E-state index >= 15 is 0 Å². The molecule has 0 aliphatic rings. The zero-order chi connectivity index (χ0) is 11.8. The fourth-order valence-electron chi connectivity index (χ4n) is 0.639. The second-order valence-corrected chi connectivity index (χ2v) is 2.70. The molecule has 3 N–H and O–H groups in total. The van der Waals surface area contributed by atoms with Crippen LogP contribution < -0.4 is 10.6 Å². The number of amides is 3. The Morgan fingerprint density at radius 2 is 2.00 bits per heavy atom. The largest absolute Gasteiger partial charge is 0.479 e. The van der Waals surface area contributed by atoms with Gasteiger partial charge in [0.25, 0.3) is 5.91 Å².